The van der Waals surface area contributed by atoms with Crippen LogP contribution < -0.4 is 15.8 Å². The molecule has 0 radical (unpaired) electrons. The van der Waals surface area contributed by atoms with Crippen LogP contribution in [0.5, 0.6) is 5.75 Å². The number of thiophene rings is 1. The van der Waals surface area contributed by atoms with Gasteiger partial charge in [0, 0.05) is 16.7 Å². The number of esters is 2. The molecular formula is C26H29ClN2O5S. The van der Waals surface area contributed by atoms with Crippen molar-refractivity contribution in [3.63, 3.8) is 0 Å². The molecule has 186 valence electrons. The first-order valence-electron chi connectivity index (χ1n) is 11.0. The molecule has 3 rings (SSSR count). The summed E-state index contributed by atoms with van der Waals surface area (Å²) in [5, 5.41) is 4.43. The van der Waals surface area contributed by atoms with Crippen LogP contribution in [-0.4, -0.2) is 19.0 Å². The summed E-state index contributed by atoms with van der Waals surface area (Å²) in [5.74, 6) is -0.440. The van der Waals surface area contributed by atoms with Crippen LogP contribution in [-0.2, 0) is 20.9 Å². The predicted octanol–water partition coefficient (Wildman–Crippen LogP) is 6.74. The zero-order valence-corrected chi connectivity index (χ0v) is 21.9. The molecule has 0 fully saturated rings. The molecule has 0 aliphatic carbocycles. The highest BCUT2D eigenvalue weighted by Gasteiger charge is 2.24. The largest absolute Gasteiger partial charge is 0.484 e. The Hall–Kier alpha value is -3.23. The third-order valence-electron chi connectivity index (χ3n) is 5.07. The number of benzene rings is 2. The van der Waals surface area contributed by atoms with Crippen molar-refractivity contribution in [1.29, 1.82) is 0 Å². The zero-order chi connectivity index (χ0) is 25.8. The Kier molecular flexibility index (Phi) is 8.30. The van der Waals surface area contributed by atoms with Crippen molar-refractivity contribution in [1.82, 2.24) is 0 Å². The molecular weight excluding hydrogens is 488 g/mol. The Bertz CT molecular complexity index is 1220. The first-order chi connectivity index (χ1) is 16.5. The highest BCUT2D eigenvalue weighted by atomic mass is 35.5. The molecule has 1 atom stereocenters. The fraction of sp³-hybridized carbons (Fsp3) is 0.308. The standard InChI is InChI=1S/C26H29ClN2O5S/c1-15(17-8-6-7-9-18(17)27)34-21-13-22(35-23(21)24(30)32-5)29-20-12-16(10-11-19(20)28)14-33-25(31)26(2,3)4/h6-13,15,29H,14,28H2,1-5H3/t15-/m1/s1. The second-order valence-corrected chi connectivity index (χ2v) is 10.4. The van der Waals surface area contributed by atoms with Gasteiger partial charge in [0.25, 0.3) is 0 Å². The summed E-state index contributed by atoms with van der Waals surface area (Å²) >= 11 is 7.48. The van der Waals surface area contributed by atoms with Gasteiger partial charge in [0.1, 0.15) is 18.5 Å². The summed E-state index contributed by atoms with van der Waals surface area (Å²) in [4.78, 5) is 24.8. The lowest BCUT2D eigenvalue weighted by molar-refractivity contribution is -0.154. The van der Waals surface area contributed by atoms with Crippen LogP contribution in [0.15, 0.2) is 48.5 Å². The second-order valence-electron chi connectivity index (χ2n) is 8.95. The average Bonchev–Trinajstić information content (AvgIpc) is 3.20. The molecule has 0 spiro atoms. The quantitative estimate of drug-likeness (QED) is 0.252. The molecule has 0 amide bonds. The summed E-state index contributed by atoms with van der Waals surface area (Å²) in [6.45, 7) is 7.37. The van der Waals surface area contributed by atoms with Gasteiger partial charge in [-0.05, 0) is 51.5 Å². The van der Waals surface area contributed by atoms with E-state index >= 15 is 0 Å². The highest BCUT2D eigenvalue weighted by Crippen LogP contribution is 2.39. The fourth-order valence-electron chi connectivity index (χ4n) is 3.12. The average molecular weight is 517 g/mol. The van der Waals surface area contributed by atoms with Crippen LogP contribution >= 0.6 is 22.9 Å². The lowest BCUT2D eigenvalue weighted by Crippen LogP contribution is -2.22. The van der Waals surface area contributed by atoms with Gasteiger partial charge in [-0.25, -0.2) is 4.79 Å². The van der Waals surface area contributed by atoms with Crippen molar-refractivity contribution in [3.05, 3.63) is 69.6 Å². The van der Waals surface area contributed by atoms with Crippen molar-refractivity contribution < 1.29 is 23.8 Å². The Morgan fingerprint density at radius 3 is 2.51 bits per heavy atom. The number of hydrogen-bond acceptors (Lipinski definition) is 8. The number of nitrogens with one attached hydrogen (secondary N) is 1. The molecule has 0 bridgehead atoms. The van der Waals surface area contributed by atoms with Crippen LogP contribution in [0, 0.1) is 5.41 Å². The Balaban J connectivity index is 1.83. The summed E-state index contributed by atoms with van der Waals surface area (Å²) < 4.78 is 16.4. The van der Waals surface area contributed by atoms with Gasteiger partial charge in [0.05, 0.1) is 28.9 Å². The molecule has 0 aliphatic rings. The second kappa shape index (κ2) is 11.0. The number of nitrogen functional groups attached to an aromatic ring is 1. The van der Waals surface area contributed by atoms with Gasteiger partial charge in [0.2, 0.25) is 0 Å². The van der Waals surface area contributed by atoms with E-state index in [1.807, 2.05) is 25.1 Å². The number of nitrogens with two attached hydrogens (primary N) is 1. The number of anilines is 3. The third-order valence-corrected chi connectivity index (χ3v) is 6.43. The van der Waals surface area contributed by atoms with E-state index in [4.69, 9.17) is 31.5 Å². The Morgan fingerprint density at radius 1 is 1.14 bits per heavy atom. The van der Waals surface area contributed by atoms with Crippen LogP contribution in [0.4, 0.5) is 16.4 Å². The molecule has 9 heteroatoms. The predicted molar refractivity (Wildman–Crippen MR) is 140 cm³/mol. The Labute approximate surface area is 214 Å². The van der Waals surface area contributed by atoms with Gasteiger partial charge in [-0.2, -0.15) is 0 Å². The van der Waals surface area contributed by atoms with E-state index in [0.717, 1.165) is 11.1 Å². The lowest BCUT2D eigenvalue weighted by atomic mass is 9.97. The van der Waals surface area contributed by atoms with Crippen molar-refractivity contribution in [2.24, 2.45) is 5.41 Å². The molecule has 1 aromatic heterocycles. The summed E-state index contributed by atoms with van der Waals surface area (Å²) in [5.41, 5.74) is 8.25. The first kappa shape index (κ1) is 26.4. The summed E-state index contributed by atoms with van der Waals surface area (Å²) in [6.07, 6.45) is -0.402. The Morgan fingerprint density at radius 2 is 1.86 bits per heavy atom. The molecule has 3 aromatic rings. The van der Waals surface area contributed by atoms with Gasteiger partial charge in [-0.1, -0.05) is 35.9 Å². The minimum absolute atomic E-state index is 0.118. The van der Waals surface area contributed by atoms with Gasteiger partial charge in [0.15, 0.2) is 4.88 Å². The van der Waals surface area contributed by atoms with Crippen molar-refractivity contribution in [2.45, 2.75) is 40.4 Å². The minimum Gasteiger partial charge on any atom is -0.484 e. The van der Waals surface area contributed by atoms with Crippen LogP contribution in [0.1, 0.15) is 54.6 Å². The number of halogens is 1. The van der Waals surface area contributed by atoms with E-state index in [9.17, 15) is 9.59 Å². The summed E-state index contributed by atoms with van der Waals surface area (Å²) in [7, 11) is 1.32. The van der Waals surface area contributed by atoms with Crippen LogP contribution in [0.2, 0.25) is 5.02 Å². The fourth-order valence-corrected chi connectivity index (χ4v) is 4.33. The van der Waals surface area contributed by atoms with Gasteiger partial charge in [-0.3, -0.25) is 4.79 Å². The number of hydrogen-bond donors (Lipinski definition) is 2. The van der Waals surface area contributed by atoms with E-state index in [0.29, 0.717) is 32.0 Å². The van der Waals surface area contributed by atoms with Crippen LogP contribution in [0.3, 0.4) is 0 Å². The lowest BCUT2D eigenvalue weighted by Gasteiger charge is -2.17. The maximum absolute atomic E-state index is 12.4. The van der Waals surface area contributed by atoms with Gasteiger partial charge >= 0.3 is 11.9 Å². The monoisotopic (exact) mass is 516 g/mol. The number of methoxy groups -OCH3 is 1. The van der Waals surface area contributed by atoms with Crippen molar-refractivity contribution in [3.8, 4) is 5.75 Å². The molecule has 0 saturated heterocycles. The number of carbonyl (C=O) groups excluding carboxylic acids is 2. The molecule has 0 saturated carbocycles. The molecule has 1 heterocycles. The van der Waals surface area contributed by atoms with Crippen molar-refractivity contribution >= 4 is 51.3 Å². The van der Waals surface area contributed by atoms with E-state index in [2.05, 4.69) is 5.32 Å². The maximum atomic E-state index is 12.4. The van der Waals surface area contributed by atoms with Gasteiger partial charge in [-0.15, -0.1) is 11.3 Å². The molecule has 2 aromatic carbocycles. The highest BCUT2D eigenvalue weighted by molar-refractivity contribution is 7.18. The SMILES string of the molecule is COC(=O)c1sc(Nc2cc(COC(=O)C(C)(C)C)ccc2N)cc1O[C@H](C)c1ccccc1Cl. The zero-order valence-electron chi connectivity index (χ0n) is 20.3. The number of ether oxygens (including phenoxy) is 3. The normalized spacial score (nSPS) is 12.1. The number of rotatable bonds is 8. The van der Waals surface area contributed by atoms with Gasteiger partial charge < -0.3 is 25.3 Å². The summed E-state index contributed by atoms with van der Waals surface area (Å²) in [6, 6.07) is 14.4. The third kappa shape index (κ3) is 6.68. The molecule has 0 unspecified atom stereocenters. The smallest absolute Gasteiger partial charge is 0.351 e. The van der Waals surface area contributed by atoms with E-state index < -0.39 is 17.5 Å². The topological polar surface area (TPSA) is 99.9 Å². The first-order valence-corrected chi connectivity index (χ1v) is 12.1. The number of carbonyl (C=O) groups is 2. The van der Waals surface area contributed by atoms with E-state index in [1.54, 1.807) is 51.1 Å². The molecule has 35 heavy (non-hydrogen) atoms. The van der Waals surface area contributed by atoms with Crippen molar-refractivity contribution in [2.75, 3.05) is 18.2 Å². The molecule has 0 aliphatic heterocycles. The van der Waals surface area contributed by atoms with E-state index in [-0.39, 0.29) is 12.6 Å². The minimum atomic E-state index is -0.590. The van der Waals surface area contributed by atoms with Crippen LogP contribution in [0.25, 0.3) is 0 Å². The van der Waals surface area contributed by atoms with E-state index in [1.165, 1.54) is 18.4 Å². The maximum Gasteiger partial charge on any atom is 0.351 e. The molecule has 3 N–H and O–H groups in total. The molecule has 7 nitrogen and oxygen atoms in total.